The Balaban J connectivity index is 2.91. The summed E-state index contributed by atoms with van der Waals surface area (Å²) in [5, 5.41) is 9.05. The number of ether oxygens (including phenoxy) is 2. The van der Waals surface area contributed by atoms with Crippen LogP contribution in [0.5, 0.6) is 5.75 Å². The molecule has 1 N–H and O–H groups in total. The summed E-state index contributed by atoms with van der Waals surface area (Å²) in [6.45, 7) is 3.43. The summed E-state index contributed by atoms with van der Waals surface area (Å²) in [5.41, 5.74) is 0.271. The van der Waals surface area contributed by atoms with Crippen molar-refractivity contribution in [3.05, 3.63) is 29.8 Å². The number of amides is 1. The number of para-hydroxylation sites is 1. The number of rotatable bonds is 8. The van der Waals surface area contributed by atoms with Gasteiger partial charge in [-0.3, -0.25) is 4.79 Å². The van der Waals surface area contributed by atoms with Crippen molar-refractivity contribution < 1.29 is 22.7 Å². The van der Waals surface area contributed by atoms with E-state index in [9.17, 15) is 13.2 Å². The highest BCUT2D eigenvalue weighted by Gasteiger charge is 2.28. The van der Waals surface area contributed by atoms with Crippen LogP contribution < -0.4 is 9.46 Å². The third-order valence-corrected chi connectivity index (χ3v) is 4.15. The van der Waals surface area contributed by atoms with Gasteiger partial charge in [-0.05, 0) is 18.1 Å². The number of nitriles is 1. The molecule has 0 aliphatic heterocycles. The van der Waals surface area contributed by atoms with Crippen LogP contribution in [0.2, 0.25) is 0 Å². The van der Waals surface area contributed by atoms with Gasteiger partial charge in [0, 0.05) is 7.11 Å². The Labute approximate surface area is 136 Å². The quantitative estimate of drug-likeness (QED) is 0.758. The van der Waals surface area contributed by atoms with E-state index in [0.717, 1.165) is 0 Å². The van der Waals surface area contributed by atoms with E-state index in [1.165, 1.54) is 7.11 Å². The summed E-state index contributed by atoms with van der Waals surface area (Å²) >= 11 is 0. The number of carbonyl (C=O) groups excluding carboxylic acids is 1. The molecule has 0 aliphatic rings. The van der Waals surface area contributed by atoms with Gasteiger partial charge >= 0.3 is 0 Å². The molecule has 1 atom stereocenters. The van der Waals surface area contributed by atoms with Crippen LogP contribution in [0.4, 0.5) is 0 Å². The van der Waals surface area contributed by atoms with Crippen molar-refractivity contribution >= 4 is 15.9 Å². The molecule has 1 rings (SSSR count). The summed E-state index contributed by atoms with van der Waals surface area (Å²) in [4.78, 5) is 12.2. The van der Waals surface area contributed by atoms with Gasteiger partial charge < -0.3 is 9.47 Å². The number of hydrogen-bond acceptors (Lipinski definition) is 6. The van der Waals surface area contributed by atoms with Crippen molar-refractivity contribution in [2.45, 2.75) is 20.0 Å². The highest BCUT2D eigenvalue weighted by Crippen LogP contribution is 2.20. The molecule has 23 heavy (non-hydrogen) atoms. The summed E-state index contributed by atoms with van der Waals surface area (Å²) < 4.78 is 35.8. The molecule has 1 amide bonds. The predicted molar refractivity (Wildman–Crippen MR) is 84.2 cm³/mol. The minimum Gasteiger partial charge on any atom is -0.479 e. The van der Waals surface area contributed by atoms with Crippen molar-refractivity contribution in [2.24, 2.45) is 5.92 Å². The van der Waals surface area contributed by atoms with Crippen molar-refractivity contribution in [2.75, 3.05) is 19.5 Å². The molecule has 0 radical (unpaired) electrons. The SMILES string of the molecule is COCCS(=O)(=O)NC(=O)C(Oc1ccccc1C#N)C(C)C. The first-order valence-electron chi connectivity index (χ1n) is 6.99. The average Bonchev–Trinajstić information content (AvgIpc) is 2.50. The maximum Gasteiger partial charge on any atom is 0.274 e. The molecule has 0 saturated heterocycles. The van der Waals surface area contributed by atoms with Crippen LogP contribution in [-0.4, -0.2) is 39.9 Å². The summed E-state index contributed by atoms with van der Waals surface area (Å²) in [7, 11) is -2.43. The highest BCUT2D eigenvalue weighted by molar-refractivity contribution is 7.90. The second-order valence-electron chi connectivity index (χ2n) is 5.17. The molecule has 0 bridgehead atoms. The Morgan fingerprint density at radius 1 is 1.35 bits per heavy atom. The van der Waals surface area contributed by atoms with Gasteiger partial charge in [-0.1, -0.05) is 26.0 Å². The first-order valence-corrected chi connectivity index (χ1v) is 8.65. The molecule has 0 aromatic heterocycles. The van der Waals surface area contributed by atoms with Crippen molar-refractivity contribution in [3.8, 4) is 11.8 Å². The van der Waals surface area contributed by atoms with E-state index in [1.807, 2.05) is 10.8 Å². The maximum absolute atomic E-state index is 12.2. The Bertz CT molecular complexity index is 679. The van der Waals surface area contributed by atoms with E-state index in [-0.39, 0.29) is 29.6 Å². The Morgan fingerprint density at radius 2 is 2.00 bits per heavy atom. The zero-order valence-corrected chi connectivity index (χ0v) is 14.1. The number of sulfonamides is 1. The van der Waals surface area contributed by atoms with Crippen molar-refractivity contribution in [3.63, 3.8) is 0 Å². The third-order valence-electron chi connectivity index (χ3n) is 2.94. The standard InChI is InChI=1S/C15H20N2O5S/c1-11(2)14(15(18)17-23(19,20)9-8-21-3)22-13-7-5-4-6-12(13)10-16/h4-7,11,14H,8-9H2,1-3H3,(H,17,18). The van der Waals surface area contributed by atoms with E-state index < -0.39 is 22.0 Å². The topological polar surface area (TPSA) is 105 Å². The van der Waals surface area contributed by atoms with Crippen LogP contribution in [-0.2, 0) is 19.6 Å². The largest absolute Gasteiger partial charge is 0.479 e. The molecule has 8 heteroatoms. The summed E-state index contributed by atoms with van der Waals surface area (Å²) in [5.74, 6) is -1.16. The van der Waals surface area contributed by atoms with Gasteiger partial charge in [-0.15, -0.1) is 0 Å². The van der Waals surface area contributed by atoms with Gasteiger partial charge in [0.2, 0.25) is 10.0 Å². The summed E-state index contributed by atoms with van der Waals surface area (Å²) in [6.07, 6.45) is -1.04. The fraction of sp³-hybridized carbons (Fsp3) is 0.467. The summed E-state index contributed by atoms with van der Waals surface area (Å²) in [6, 6.07) is 8.41. The van der Waals surface area contributed by atoms with E-state index in [1.54, 1.807) is 38.1 Å². The Kier molecular flexibility index (Phi) is 7.00. The highest BCUT2D eigenvalue weighted by atomic mass is 32.2. The normalized spacial score (nSPS) is 12.5. The van der Waals surface area contributed by atoms with Gasteiger partial charge in [0.05, 0.1) is 17.9 Å². The lowest BCUT2D eigenvalue weighted by atomic mass is 10.1. The van der Waals surface area contributed by atoms with E-state index in [4.69, 9.17) is 14.7 Å². The lowest BCUT2D eigenvalue weighted by Gasteiger charge is -2.22. The van der Waals surface area contributed by atoms with Gasteiger partial charge in [0.15, 0.2) is 6.10 Å². The number of hydrogen-bond donors (Lipinski definition) is 1. The van der Waals surface area contributed by atoms with Crippen LogP contribution in [0, 0.1) is 17.2 Å². The Hall–Kier alpha value is -2.11. The second-order valence-corrected chi connectivity index (χ2v) is 7.01. The van der Waals surface area contributed by atoms with Gasteiger partial charge in [-0.25, -0.2) is 13.1 Å². The fourth-order valence-corrected chi connectivity index (χ4v) is 2.66. The van der Waals surface area contributed by atoms with E-state index in [0.29, 0.717) is 0 Å². The molecular formula is C15H20N2O5S. The Morgan fingerprint density at radius 3 is 2.57 bits per heavy atom. The van der Waals surface area contributed by atoms with Crippen LogP contribution in [0.3, 0.4) is 0 Å². The lowest BCUT2D eigenvalue weighted by molar-refractivity contribution is -0.127. The molecule has 0 fully saturated rings. The minimum atomic E-state index is -3.80. The maximum atomic E-state index is 12.2. The molecule has 1 aromatic carbocycles. The smallest absolute Gasteiger partial charge is 0.274 e. The molecule has 0 saturated carbocycles. The van der Waals surface area contributed by atoms with Crippen LogP contribution in [0.1, 0.15) is 19.4 Å². The molecular weight excluding hydrogens is 320 g/mol. The second kappa shape index (κ2) is 8.50. The number of nitrogens with one attached hydrogen (secondary N) is 1. The number of methoxy groups -OCH3 is 1. The van der Waals surface area contributed by atoms with Gasteiger partial charge in [0.1, 0.15) is 11.8 Å². The molecule has 126 valence electrons. The monoisotopic (exact) mass is 340 g/mol. The van der Waals surface area contributed by atoms with Gasteiger partial charge in [0.25, 0.3) is 5.91 Å². The minimum absolute atomic E-state index is 0.0208. The van der Waals surface area contributed by atoms with Crippen LogP contribution in [0.15, 0.2) is 24.3 Å². The number of nitrogens with zero attached hydrogens (tertiary/aromatic N) is 1. The van der Waals surface area contributed by atoms with E-state index >= 15 is 0 Å². The average molecular weight is 340 g/mol. The molecule has 0 heterocycles. The number of benzene rings is 1. The van der Waals surface area contributed by atoms with E-state index in [2.05, 4.69) is 0 Å². The van der Waals surface area contributed by atoms with Crippen molar-refractivity contribution in [1.82, 2.24) is 4.72 Å². The predicted octanol–water partition coefficient (Wildman–Crippen LogP) is 1.05. The van der Waals surface area contributed by atoms with Gasteiger partial charge in [-0.2, -0.15) is 5.26 Å². The lowest BCUT2D eigenvalue weighted by Crippen LogP contribution is -2.45. The first-order chi connectivity index (χ1) is 10.8. The molecule has 0 aliphatic carbocycles. The third kappa shape index (κ3) is 5.88. The number of carbonyl (C=O) groups is 1. The zero-order chi connectivity index (χ0) is 17.5. The molecule has 7 nitrogen and oxygen atoms in total. The molecule has 0 spiro atoms. The first kappa shape index (κ1) is 18.9. The fourth-order valence-electron chi connectivity index (χ4n) is 1.75. The zero-order valence-electron chi connectivity index (χ0n) is 13.3. The van der Waals surface area contributed by atoms with Crippen LogP contribution >= 0.6 is 0 Å². The van der Waals surface area contributed by atoms with Crippen molar-refractivity contribution in [1.29, 1.82) is 5.26 Å². The van der Waals surface area contributed by atoms with Crippen LogP contribution in [0.25, 0.3) is 0 Å². The molecule has 1 unspecified atom stereocenters. The molecule has 1 aromatic rings.